The Labute approximate surface area is 119 Å². The van der Waals surface area contributed by atoms with Gasteiger partial charge < -0.3 is 10.6 Å². The monoisotopic (exact) mass is 275 g/mol. The molecule has 0 aliphatic rings. The van der Waals surface area contributed by atoms with Gasteiger partial charge in [0.15, 0.2) is 0 Å². The van der Waals surface area contributed by atoms with Crippen LogP contribution in [0.4, 0.5) is 11.5 Å². The molecule has 100 valence electrons. The first-order valence-corrected chi connectivity index (χ1v) is 6.78. The summed E-state index contributed by atoms with van der Waals surface area (Å²) in [5.41, 5.74) is 7.93. The summed E-state index contributed by atoms with van der Waals surface area (Å²) in [6.07, 6.45) is 2.73. The van der Waals surface area contributed by atoms with Crippen LogP contribution in [0.25, 0.3) is 0 Å². The summed E-state index contributed by atoms with van der Waals surface area (Å²) >= 11 is 5.88. The molecule has 4 heteroatoms. The molecule has 1 aromatic carbocycles. The maximum atomic E-state index is 6.00. The zero-order valence-corrected chi connectivity index (χ0v) is 11.8. The van der Waals surface area contributed by atoms with Crippen molar-refractivity contribution in [3.63, 3.8) is 0 Å². The Hall–Kier alpha value is -1.74. The molecule has 0 aliphatic heterocycles. The highest BCUT2D eigenvalue weighted by atomic mass is 35.5. The molecule has 0 unspecified atom stereocenters. The number of rotatable bonds is 5. The highest BCUT2D eigenvalue weighted by Crippen LogP contribution is 2.20. The van der Waals surface area contributed by atoms with Gasteiger partial charge in [0.2, 0.25) is 0 Å². The van der Waals surface area contributed by atoms with E-state index in [1.807, 2.05) is 36.4 Å². The first-order chi connectivity index (χ1) is 9.20. The number of halogens is 1. The number of hydrogen-bond acceptors (Lipinski definition) is 3. The number of pyridine rings is 1. The predicted molar refractivity (Wildman–Crippen MR) is 81.4 cm³/mol. The van der Waals surface area contributed by atoms with E-state index in [1.165, 1.54) is 0 Å². The second-order valence-corrected chi connectivity index (χ2v) is 4.89. The fourth-order valence-electron chi connectivity index (χ4n) is 1.98. The van der Waals surface area contributed by atoms with Crippen molar-refractivity contribution in [1.29, 1.82) is 0 Å². The number of para-hydroxylation sites is 1. The molecule has 2 rings (SSSR count). The minimum Gasteiger partial charge on any atom is -0.398 e. The van der Waals surface area contributed by atoms with E-state index in [0.717, 1.165) is 36.6 Å². The quantitative estimate of drug-likeness (QED) is 0.846. The van der Waals surface area contributed by atoms with Crippen molar-refractivity contribution < 1.29 is 0 Å². The van der Waals surface area contributed by atoms with E-state index in [2.05, 4.69) is 16.8 Å². The predicted octanol–water partition coefficient (Wildman–Crippen LogP) is 3.73. The van der Waals surface area contributed by atoms with E-state index in [9.17, 15) is 0 Å². The summed E-state index contributed by atoms with van der Waals surface area (Å²) in [4.78, 5) is 6.59. The Morgan fingerprint density at radius 3 is 2.63 bits per heavy atom. The van der Waals surface area contributed by atoms with Crippen LogP contribution in [-0.4, -0.2) is 11.5 Å². The lowest BCUT2D eigenvalue weighted by Crippen LogP contribution is -2.24. The molecule has 1 aromatic heterocycles. The number of hydrogen-bond donors (Lipinski definition) is 1. The number of nitrogens with zero attached hydrogens (tertiary/aromatic N) is 2. The largest absolute Gasteiger partial charge is 0.398 e. The van der Waals surface area contributed by atoms with Crippen LogP contribution in [0.15, 0.2) is 42.6 Å². The Bertz CT molecular complexity index is 525. The zero-order valence-electron chi connectivity index (χ0n) is 11.0. The van der Waals surface area contributed by atoms with E-state index in [-0.39, 0.29) is 0 Å². The van der Waals surface area contributed by atoms with Gasteiger partial charge in [0.1, 0.15) is 5.82 Å². The molecule has 0 amide bonds. The molecule has 0 atom stereocenters. The average Bonchev–Trinajstić information content (AvgIpc) is 2.42. The standard InChI is InChI=1S/C15H18ClN3/c1-2-9-19(15-8-7-13(16)10-18-15)11-12-5-3-4-6-14(12)17/h3-8,10H,2,9,11,17H2,1H3. The van der Waals surface area contributed by atoms with E-state index in [4.69, 9.17) is 17.3 Å². The third-order valence-corrected chi connectivity index (χ3v) is 3.17. The summed E-state index contributed by atoms with van der Waals surface area (Å²) in [6.45, 7) is 3.84. The van der Waals surface area contributed by atoms with Crippen LogP contribution in [0.1, 0.15) is 18.9 Å². The molecule has 0 aliphatic carbocycles. The molecular weight excluding hydrogens is 258 g/mol. The summed E-state index contributed by atoms with van der Waals surface area (Å²) in [6, 6.07) is 11.7. The van der Waals surface area contributed by atoms with Crippen LogP contribution >= 0.6 is 11.6 Å². The van der Waals surface area contributed by atoms with Crippen LogP contribution in [0.3, 0.4) is 0 Å². The van der Waals surface area contributed by atoms with Crippen molar-refractivity contribution in [1.82, 2.24) is 4.98 Å². The van der Waals surface area contributed by atoms with Crippen LogP contribution < -0.4 is 10.6 Å². The van der Waals surface area contributed by atoms with E-state index in [1.54, 1.807) is 6.20 Å². The van der Waals surface area contributed by atoms with E-state index < -0.39 is 0 Å². The summed E-state index contributed by atoms with van der Waals surface area (Å²) in [7, 11) is 0. The minimum atomic E-state index is 0.652. The molecule has 2 aromatic rings. The van der Waals surface area contributed by atoms with Gasteiger partial charge in [-0.05, 0) is 30.2 Å². The number of nitrogens with two attached hydrogens (primary N) is 1. The van der Waals surface area contributed by atoms with Crippen LogP contribution in [0.2, 0.25) is 5.02 Å². The maximum Gasteiger partial charge on any atom is 0.128 e. The molecule has 0 radical (unpaired) electrons. The van der Waals surface area contributed by atoms with Crippen molar-refractivity contribution in [2.45, 2.75) is 19.9 Å². The molecule has 3 nitrogen and oxygen atoms in total. The molecule has 0 saturated carbocycles. The van der Waals surface area contributed by atoms with Gasteiger partial charge in [-0.25, -0.2) is 4.98 Å². The highest BCUT2D eigenvalue weighted by Gasteiger charge is 2.09. The molecule has 0 saturated heterocycles. The summed E-state index contributed by atoms with van der Waals surface area (Å²) < 4.78 is 0. The molecule has 0 fully saturated rings. The van der Waals surface area contributed by atoms with Crippen molar-refractivity contribution >= 4 is 23.1 Å². The Balaban J connectivity index is 2.21. The fraction of sp³-hybridized carbons (Fsp3) is 0.267. The first-order valence-electron chi connectivity index (χ1n) is 6.40. The van der Waals surface area contributed by atoms with Crippen molar-refractivity contribution in [3.05, 3.63) is 53.2 Å². The van der Waals surface area contributed by atoms with Gasteiger partial charge in [0, 0.05) is 25.0 Å². The third kappa shape index (κ3) is 3.61. The molecule has 2 N–H and O–H groups in total. The number of aromatic nitrogens is 1. The van der Waals surface area contributed by atoms with Crippen molar-refractivity contribution in [2.24, 2.45) is 0 Å². The van der Waals surface area contributed by atoms with Gasteiger partial charge in [-0.3, -0.25) is 0 Å². The first kappa shape index (κ1) is 13.7. The zero-order chi connectivity index (χ0) is 13.7. The molecule has 1 heterocycles. The highest BCUT2D eigenvalue weighted by molar-refractivity contribution is 6.30. The normalized spacial score (nSPS) is 10.4. The second kappa shape index (κ2) is 6.43. The third-order valence-electron chi connectivity index (χ3n) is 2.95. The lowest BCUT2D eigenvalue weighted by Gasteiger charge is -2.24. The Kier molecular flexibility index (Phi) is 4.63. The van der Waals surface area contributed by atoms with Crippen LogP contribution in [0.5, 0.6) is 0 Å². The van der Waals surface area contributed by atoms with E-state index >= 15 is 0 Å². The average molecular weight is 276 g/mol. The SMILES string of the molecule is CCCN(Cc1ccccc1N)c1ccc(Cl)cn1. The molecule has 19 heavy (non-hydrogen) atoms. The van der Waals surface area contributed by atoms with Gasteiger partial charge in [-0.2, -0.15) is 0 Å². The van der Waals surface area contributed by atoms with Gasteiger partial charge in [-0.1, -0.05) is 36.7 Å². The maximum absolute atomic E-state index is 6.00. The van der Waals surface area contributed by atoms with Gasteiger partial charge in [0.25, 0.3) is 0 Å². The summed E-state index contributed by atoms with van der Waals surface area (Å²) in [5, 5.41) is 0.652. The van der Waals surface area contributed by atoms with Crippen LogP contribution in [0, 0.1) is 0 Å². The second-order valence-electron chi connectivity index (χ2n) is 4.45. The summed E-state index contributed by atoms with van der Waals surface area (Å²) in [5.74, 6) is 0.925. The van der Waals surface area contributed by atoms with Gasteiger partial charge >= 0.3 is 0 Å². The Morgan fingerprint density at radius 1 is 1.21 bits per heavy atom. The van der Waals surface area contributed by atoms with Crippen molar-refractivity contribution in [2.75, 3.05) is 17.2 Å². The van der Waals surface area contributed by atoms with Crippen LogP contribution in [-0.2, 0) is 6.54 Å². The topological polar surface area (TPSA) is 42.1 Å². The number of nitrogen functional groups attached to an aromatic ring is 1. The van der Waals surface area contributed by atoms with Gasteiger partial charge in [0.05, 0.1) is 5.02 Å². The molecular formula is C15H18ClN3. The fourth-order valence-corrected chi connectivity index (χ4v) is 2.10. The number of benzene rings is 1. The smallest absolute Gasteiger partial charge is 0.128 e. The lowest BCUT2D eigenvalue weighted by molar-refractivity contribution is 0.756. The molecule has 0 bridgehead atoms. The van der Waals surface area contributed by atoms with E-state index in [0.29, 0.717) is 5.02 Å². The lowest BCUT2D eigenvalue weighted by atomic mass is 10.1. The van der Waals surface area contributed by atoms with Gasteiger partial charge in [-0.15, -0.1) is 0 Å². The minimum absolute atomic E-state index is 0.652. The number of anilines is 2. The Morgan fingerprint density at radius 2 is 2.00 bits per heavy atom. The van der Waals surface area contributed by atoms with Crippen molar-refractivity contribution in [3.8, 4) is 0 Å². The molecule has 0 spiro atoms.